The quantitative estimate of drug-likeness (QED) is 0.581. The van der Waals surface area contributed by atoms with Crippen molar-refractivity contribution in [3.63, 3.8) is 0 Å². The number of carbonyl (C=O) groups is 2. The Morgan fingerprint density at radius 3 is 2.40 bits per heavy atom. The molecule has 0 aliphatic carbocycles. The molecule has 2 aromatic carbocycles. The summed E-state index contributed by atoms with van der Waals surface area (Å²) in [5, 5.41) is 8.22. The van der Waals surface area contributed by atoms with E-state index in [0.29, 0.717) is 31.0 Å². The van der Waals surface area contributed by atoms with Gasteiger partial charge >= 0.3 is 11.8 Å². The van der Waals surface area contributed by atoms with Gasteiger partial charge in [-0.15, -0.1) is 5.10 Å². The highest BCUT2D eigenvalue weighted by molar-refractivity contribution is 6.40. The van der Waals surface area contributed by atoms with Gasteiger partial charge in [0.1, 0.15) is 17.3 Å². The van der Waals surface area contributed by atoms with Crippen LogP contribution in [0.25, 0.3) is 0 Å². The van der Waals surface area contributed by atoms with Crippen molar-refractivity contribution in [2.75, 3.05) is 25.1 Å². The number of anilines is 1. The summed E-state index contributed by atoms with van der Waals surface area (Å²) in [6.45, 7) is 1.41. The van der Waals surface area contributed by atoms with E-state index in [1.165, 1.54) is 34.1 Å². The van der Waals surface area contributed by atoms with Crippen LogP contribution in [0.3, 0.4) is 0 Å². The highest BCUT2D eigenvalue weighted by Crippen LogP contribution is 2.19. The third-order valence-corrected chi connectivity index (χ3v) is 4.89. The van der Waals surface area contributed by atoms with E-state index in [1.807, 2.05) is 24.3 Å². The molecule has 0 atom stereocenters. The minimum Gasteiger partial charge on any atom is -0.497 e. The number of halogens is 1. The number of hydrogen-bond donors (Lipinski definition) is 0. The summed E-state index contributed by atoms with van der Waals surface area (Å²) in [6.07, 6.45) is 1.76. The summed E-state index contributed by atoms with van der Waals surface area (Å²) in [5.41, 5.74) is 2.13. The minimum absolute atomic E-state index is 0.199. The van der Waals surface area contributed by atoms with Gasteiger partial charge in [-0.1, -0.05) is 17.3 Å². The number of benzene rings is 2. The summed E-state index contributed by atoms with van der Waals surface area (Å²) in [7, 11) is 1.62. The predicted molar refractivity (Wildman–Crippen MR) is 106 cm³/mol. The second-order valence-corrected chi connectivity index (χ2v) is 6.92. The van der Waals surface area contributed by atoms with Gasteiger partial charge in [-0.3, -0.25) is 9.59 Å². The number of hydrogen-bond acceptors (Lipinski definition) is 5. The fourth-order valence-electron chi connectivity index (χ4n) is 3.29. The summed E-state index contributed by atoms with van der Waals surface area (Å²) in [5.74, 6) is -0.872. The average Bonchev–Trinajstić information content (AvgIpc) is 3.20. The zero-order valence-corrected chi connectivity index (χ0v) is 16.4. The highest BCUT2D eigenvalue weighted by atomic mass is 19.1. The van der Waals surface area contributed by atoms with E-state index in [9.17, 15) is 14.0 Å². The van der Waals surface area contributed by atoms with Crippen LogP contribution in [0.15, 0.2) is 54.7 Å². The minimum atomic E-state index is -0.640. The number of piperazine rings is 1. The number of rotatable bonds is 6. The Bertz CT molecular complexity index is 1050. The lowest BCUT2D eigenvalue weighted by molar-refractivity contribution is -0.146. The van der Waals surface area contributed by atoms with Crippen LogP contribution in [0.1, 0.15) is 11.3 Å². The van der Waals surface area contributed by atoms with E-state index in [2.05, 4.69) is 10.3 Å². The molecule has 8 nitrogen and oxygen atoms in total. The van der Waals surface area contributed by atoms with Crippen molar-refractivity contribution in [3.8, 4) is 5.75 Å². The zero-order valence-electron chi connectivity index (χ0n) is 16.4. The molecule has 1 saturated heterocycles. The predicted octanol–water partition coefficient (Wildman–Crippen LogP) is 1.85. The Hall–Kier alpha value is -3.75. The molecule has 0 radical (unpaired) electrons. The van der Waals surface area contributed by atoms with Gasteiger partial charge < -0.3 is 14.5 Å². The van der Waals surface area contributed by atoms with Gasteiger partial charge in [-0.2, -0.15) is 0 Å². The fourth-order valence-corrected chi connectivity index (χ4v) is 3.29. The van der Waals surface area contributed by atoms with Crippen molar-refractivity contribution in [2.45, 2.75) is 13.1 Å². The van der Waals surface area contributed by atoms with Crippen molar-refractivity contribution in [2.24, 2.45) is 0 Å². The lowest BCUT2D eigenvalue weighted by Crippen LogP contribution is -2.54. The standard InChI is InChI=1S/C21H20FN5O3/c1-30-19-8-2-15(3-9-19)12-26-14-17(23-24-26)13-25-10-11-27(21(29)20(25)28)18-6-4-16(22)5-7-18/h2-9,14H,10-13H2,1H3. The maximum absolute atomic E-state index is 13.1. The van der Waals surface area contributed by atoms with E-state index in [1.54, 1.807) is 18.0 Å². The number of carbonyl (C=O) groups excluding carboxylic acids is 2. The topological polar surface area (TPSA) is 80.6 Å². The largest absolute Gasteiger partial charge is 0.497 e. The second kappa shape index (κ2) is 8.32. The van der Waals surface area contributed by atoms with Crippen LogP contribution in [-0.4, -0.2) is 51.9 Å². The molecule has 2 heterocycles. The molecule has 2 amide bonds. The zero-order chi connectivity index (χ0) is 21.1. The molecule has 1 aliphatic rings. The maximum atomic E-state index is 13.1. The lowest BCUT2D eigenvalue weighted by atomic mass is 10.2. The molecule has 154 valence electrons. The molecular formula is C21H20FN5O3. The van der Waals surface area contributed by atoms with Crippen LogP contribution in [0.4, 0.5) is 10.1 Å². The van der Waals surface area contributed by atoms with Gasteiger partial charge in [0.2, 0.25) is 0 Å². The van der Waals surface area contributed by atoms with E-state index in [0.717, 1.165) is 11.3 Å². The number of aromatic nitrogens is 3. The SMILES string of the molecule is COc1ccc(Cn2cc(CN3CCN(c4ccc(F)cc4)C(=O)C3=O)nn2)cc1. The molecule has 1 fully saturated rings. The number of nitrogens with zero attached hydrogens (tertiary/aromatic N) is 5. The van der Waals surface area contributed by atoms with E-state index < -0.39 is 17.6 Å². The third kappa shape index (κ3) is 4.14. The molecular weight excluding hydrogens is 389 g/mol. The van der Waals surface area contributed by atoms with Gasteiger partial charge in [0.25, 0.3) is 0 Å². The normalized spacial score (nSPS) is 14.3. The second-order valence-electron chi connectivity index (χ2n) is 6.92. The first-order valence-corrected chi connectivity index (χ1v) is 9.42. The van der Waals surface area contributed by atoms with Crippen molar-refractivity contribution in [1.82, 2.24) is 19.9 Å². The number of ether oxygens (including phenoxy) is 1. The van der Waals surface area contributed by atoms with Gasteiger partial charge in [0.05, 0.1) is 26.4 Å². The first-order valence-electron chi connectivity index (χ1n) is 9.42. The highest BCUT2D eigenvalue weighted by Gasteiger charge is 2.33. The molecule has 0 bridgehead atoms. The van der Waals surface area contributed by atoms with Crippen molar-refractivity contribution < 1.29 is 18.7 Å². The molecule has 1 aliphatic heterocycles. The molecule has 0 saturated carbocycles. The van der Waals surface area contributed by atoms with Crippen molar-refractivity contribution in [1.29, 1.82) is 0 Å². The molecule has 1 aromatic heterocycles. The first-order chi connectivity index (χ1) is 14.5. The van der Waals surface area contributed by atoms with Crippen LogP contribution in [0, 0.1) is 5.82 Å². The number of methoxy groups -OCH3 is 1. The van der Waals surface area contributed by atoms with Crippen molar-refractivity contribution >= 4 is 17.5 Å². The lowest BCUT2D eigenvalue weighted by Gasteiger charge is -2.33. The van der Waals surface area contributed by atoms with Crippen LogP contribution in [0.2, 0.25) is 0 Å². The Morgan fingerprint density at radius 1 is 0.967 bits per heavy atom. The van der Waals surface area contributed by atoms with Crippen LogP contribution in [0.5, 0.6) is 5.75 Å². The van der Waals surface area contributed by atoms with E-state index >= 15 is 0 Å². The number of amides is 2. The van der Waals surface area contributed by atoms with Crippen molar-refractivity contribution in [3.05, 3.63) is 71.8 Å². The molecule has 3 aromatic rings. The first kappa shape index (κ1) is 19.6. The summed E-state index contributed by atoms with van der Waals surface area (Å²) in [4.78, 5) is 27.8. The summed E-state index contributed by atoms with van der Waals surface area (Å²) >= 11 is 0. The smallest absolute Gasteiger partial charge is 0.316 e. The van der Waals surface area contributed by atoms with E-state index in [4.69, 9.17) is 4.74 Å². The van der Waals surface area contributed by atoms with Crippen LogP contribution < -0.4 is 9.64 Å². The third-order valence-electron chi connectivity index (χ3n) is 4.89. The molecule has 30 heavy (non-hydrogen) atoms. The molecule has 9 heteroatoms. The summed E-state index contributed by atoms with van der Waals surface area (Å²) < 4.78 is 19.9. The average molecular weight is 409 g/mol. The van der Waals surface area contributed by atoms with Gasteiger partial charge in [-0.05, 0) is 42.0 Å². The van der Waals surface area contributed by atoms with E-state index in [-0.39, 0.29) is 6.54 Å². The molecule has 0 spiro atoms. The Labute approximate surface area is 172 Å². The van der Waals surface area contributed by atoms with Gasteiger partial charge in [-0.25, -0.2) is 9.07 Å². The molecule has 0 unspecified atom stereocenters. The fraction of sp³-hybridized carbons (Fsp3) is 0.238. The van der Waals surface area contributed by atoms with Crippen LogP contribution >= 0.6 is 0 Å². The Balaban J connectivity index is 1.38. The van der Waals surface area contributed by atoms with Gasteiger partial charge in [0, 0.05) is 18.8 Å². The Kier molecular flexibility index (Phi) is 5.42. The monoisotopic (exact) mass is 409 g/mol. The molecule has 0 N–H and O–H groups in total. The summed E-state index contributed by atoms with van der Waals surface area (Å²) in [6, 6.07) is 13.1. The Morgan fingerprint density at radius 2 is 1.70 bits per heavy atom. The van der Waals surface area contributed by atoms with Crippen LogP contribution in [-0.2, 0) is 22.7 Å². The molecule has 4 rings (SSSR count). The maximum Gasteiger partial charge on any atom is 0.316 e. The van der Waals surface area contributed by atoms with Gasteiger partial charge in [0.15, 0.2) is 0 Å².